The van der Waals surface area contributed by atoms with Crippen molar-refractivity contribution in [1.29, 1.82) is 0 Å². The lowest BCUT2D eigenvalue weighted by molar-refractivity contribution is -0.157. The second-order valence-electron chi connectivity index (χ2n) is 13.0. The molecule has 0 aliphatic rings. The summed E-state index contributed by atoms with van der Waals surface area (Å²) in [6.07, 6.45) is -0.0282. The maximum Gasteiger partial charge on any atom is 0.329 e. The lowest BCUT2D eigenvalue weighted by atomic mass is 10.0. The van der Waals surface area contributed by atoms with E-state index in [0.29, 0.717) is 11.1 Å². The highest BCUT2D eigenvalue weighted by molar-refractivity contribution is 5.98. The molecule has 0 heterocycles. The van der Waals surface area contributed by atoms with Crippen molar-refractivity contribution < 1.29 is 48.1 Å². The number of carbonyl (C=O) groups is 6. The fraction of sp³-hybridized carbons (Fsp3) is 0.286. The van der Waals surface area contributed by atoms with Gasteiger partial charge in [0.2, 0.25) is 0 Å². The van der Waals surface area contributed by atoms with Gasteiger partial charge in [-0.1, -0.05) is 84.9 Å². The van der Waals surface area contributed by atoms with Crippen molar-refractivity contribution in [2.24, 2.45) is 0 Å². The van der Waals surface area contributed by atoms with E-state index >= 15 is 0 Å². The van der Waals surface area contributed by atoms with Gasteiger partial charge in [0.05, 0.1) is 14.2 Å². The SMILES string of the molecule is COC(=O)CCC(NC(=O)c1ccc(-c2ccccc2)cc1)C(=O)O.COC(=O)CCC(NC(=O)c1ccc(-c2ccccc2)cc1)C(=O)OC(C)(C)C. The summed E-state index contributed by atoms with van der Waals surface area (Å²) in [5, 5.41) is 14.3. The van der Waals surface area contributed by atoms with Crippen LogP contribution in [0.15, 0.2) is 109 Å². The molecular weight excluding hydrogens is 692 g/mol. The standard InChI is InChI=1S/C23H27NO5.C19H19NO5/c1-23(2,3)29-22(27)19(14-15-20(25)28-4)24-21(26)18-12-10-17(11-13-18)16-8-6-5-7-9-16;1-25-17(21)12-11-16(19(23)24)20-18(22)15-9-7-14(8-10-15)13-5-3-2-4-6-13/h5-13,19H,14-15H2,1-4H3,(H,24,26);2-10,16H,11-12H2,1H3,(H,20,22)(H,23,24). The highest BCUT2D eigenvalue weighted by Crippen LogP contribution is 2.21. The van der Waals surface area contributed by atoms with Crippen LogP contribution in [-0.4, -0.2) is 72.7 Å². The smallest absolute Gasteiger partial charge is 0.329 e. The van der Waals surface area contributed by atoms with Crippen LogP contribution in [0.3, 0.4) is 0 Å². The van der Waals surface area contributed by atoms with Crippen molar-refractivity contribution in [1.82, 2.24) is 10.6 Å². The normalized spacial score (nSPS) is 11.7. The first-order valence-corrected chi connectivity index (χ1v) is 17.2. The van der Waals surface area contributed by atoms with Gasteiger partial charge in [-0.3, -0.25) is 19.2 Å². The molecule has 12 nitrogen and oxygen atoms in total. The lowest BCUT2D eigenvalue weighted by Gasteiger charge is -2.24. The molecule has 0 spiro atoms. The number of carboxylic acids is 1. The van der Waals surface area contributed by atoms with Crippen LogP contribution in [0, 0.1) is 0 Å². The van der Waals surface area contributed by atoms with Gasteiger partial charge in [0.15, 0.2) is 0 Å². The maximum atomic E-state index is 12.7. The summed E-state index contributed by atoms with van der Waals surface area (Å²) < 4.78 is 14.5. The molecule has 0 saturated carbocycles. The second kappa shape index (κ2) is 20.7. The quantitative estimate of drug-likeness (QED) is 0.0993. The van der Waals surface area contributed by atoms with Gasteiger partial charge in [-0.25, -0.2) is 9.59 Å². The van der Waals surface area contributed by atoms with E-state index in [1.807, 2.05) is 72.8 Å². The number of amides is 2. The minimum atomic E-state index is -1.20. The number of carbonyl (C=O) groups excluding carboxylic acids is 5. The van der Waals surface area contributed by atoms with Crippen molar-refractivity contribution >= 4 is 35.7 Å². The molecule has 0 saturated heterocycles. The van der Waals surface area contributed by atoms with E-state index in [1.165, 1.54) is 14.2 Å². The molecule has 0 bridgehead atoms. The Hall–Kier alpha value is -6.30. The zero-order valence-corrected chi connectivity index (χ0v) is 31.0. The molecule has 0 aliphatic heterocycles. The minimum Gasteiger partial charge on any atom is -0.480 e. The van der Waals surface area contributed by atoms with E-state index in [-0.39, 0.29) is 25.7 Å². The summed E-state index contributed by atoms with van der Waals surface area (Å²) in [5.74, 6) is -3.68. The first-order valence-electron chi connectivity index (χ1n) is 17.2. The van der Waals surface area contributed by atoms with Gasteiger partial charge in [0, 0.05) is 24.0 Å². The summed E-state index contributed by atoms with van der Waals surface area (Å²) in [5.41, 5.74) is 4.07. The molecule has 0 fully saturated rings. The molecule has 4 aromatic carbocycles. The number of carboxylic acid groups (broad SMARTS) is 1. The molecule has 0 radical (unpaired) electrons. The van der Waals surface area contributed by atoms with Crippen LogP contribution in [0.25, 0.3) is 22.3 Å². The second-order valence-corrected chi connectivity index (χ2v) is 13.0. The summed E-state index contributed by atoms with van der Waals surface area (Å²) in [6.45, 7) is 5.23. The number of benzene rings is 4. The zero-order valence-electron chi connectivity index (χ0n) is 31.0. The molecule has 2 unspecified atom stereocenters. The number of methoxy groups -OCH3 is 2. The zero-order chi connectivity index (χ0) is 39.7. The molecule has 54 heavy (non-hydrogen) atoms. The number of ether oxygens (including phenoxy) is 3. The minimum absolute atomic E-state index is 0.00631. The van der Waals surface area contributed by atoms with Crippen LogP contribution in [0.5, 0.6) is 0 Å². The Balaban J connectivity index is 0.000000294. The van der Waals surface area contributed by atoms with Crippen LogP contribution in [0.4, 0.5) is 0 Å². The van der Waals surface area contributed by atoms with Gasteiger partial charge >= 0.3 is 23.9 Å². The summed E-state index contributed by atoms with van der Waals surface area (Å²) >= 11 is 0. The van der Waals surface area contributed by atoms with Crippen molar-refractivity contribution in [2.45, 2.75) is 64.1 Å². The Bertz CT molecular complexity index is 1850. The number of aliphatic carboxylic acids is 1. The topological polar surface area (TPSA) is 174 Å². The average Bonchev–Trinajstić information content (AvgIpc) is 3.17. The Morgan fingerprint density at radius 2 is 0.907 bits per heavy atom. The largest absolute Gasteiger partial charge is 0.480 e. The van der Waals surface area contributed by atoms with Crippen molar-refractivity contribution in [2.75, 3.05) is 14.2 Å². The third kappa shape index (κ3) is 14.0. The third-order valence-corrected chi connectivity index (χ3v) is 7.84. The summed E-state index contributed by atoms with van der Waals surface area (Å²) in [7, 11) is 2.50. The van der Waals surface area contributed by atoms with Crippen LogP contribution >= 0.6 is 0 Å². The molecule has 4 rings (SSSR count). The van der Waals surface area contributed by atoms with Crippen molar-refractivity contribution in [3.8, 4) is 22.3 Å². The van der Waals surface area contributed by atoms with E-state index in [0.717, 1.165) is 22.3 Å². The van der Waals surface area contributed by atoms with Crippen LogP contribution in [0.2, 0.25) is 0 Å². The highest BCUT2D eigenvalue weighted by atomic mass is 16.6. The van der Waals surface area contributed by atoms with Gasteiger partial charge in [0.25, 0.3) is 11.8 Å². The summed E-state index contributed by atoms with van der Waals surface area (Å²) in [6, 6.07) is 31.4. The molecule has 2 atom stereocenters. The first-order chi connectivity index (χ1) is 25.7. The maximum absolute atomic E-state index is 12.7. The van der Waals surface area contributed by atoms with Gasteiger partial charge < -0.3 is 30.0 Å². The Morgan fingerprint density at radius 3 is 1.26 bits per heavy atom. The first kappa shape index (κ1) is 42.1. The van der Waals surface area contributed by atoms with E-state index in [9.17, 15) is 33.9 Å². The van der Waals surface area contributed by atoms with E-state index in [4.69, 9.17) is 4.74 Å². The highest BCUT2D eigenvalue weighted by Gasteiger charge is 2.28. The molecule has 12 heteroatoms. The number of rotatable bonds is 14. The Morgan fingerprint density at radius 1 is 0.556 bits per heavy atom. The Labute approximate surface area is 314 Å². The fourth-order valence-corrected chi connectivity index (χ4v) is 4.98. The molecule has 0 aromatic heterocycles. The van der Waals surface area contributed by atoms with E-state index < -0.39 is 53.4 Å². The number of esters is 3. The molecule has 0 aliphatic carbocycles. The van der Waals surface area contributed by atoms with Crippen molar-refractivity contribution in [3.63, 3.8) is 0 Å². The molecular formula is C42H46N2O10. The van der Waals surface area contributed by atoms with Gasteiger partial charge in [-0.2, -0.15) is 0 Å². The van der Waals surface area contributed by atoms with Gasteiger partial charge in [-0.15, -0.1) is 0 Å². The third-order valence-electron chi connectivity index (χ3n) is 7.84. The summed E-state index contributed by atoms with van der Waals surface area (Å²) in [4.78, 5) is 71.2. The predicted molar refractivity (Wildman–Crippen MR) is 202 cm³/mol. The fourth-order valence-electron chi connectivity index (χ4n) is 4.98. The predicted octanol–water partition coefficient (Wildman–Crippen LogP) is 6.24. The van der Waals surface area contributed by atoms with E-state index in [2.05, 4.69) is 20.1 Å². The monoisotopic (exact) mass is 738 g/mol. The number of hydrogen-bond donors (Lipinski definition) is 3. The van der Waals surface area contributed by atoms with Crippen LogP contribution in [0.1, 0.15) is 67.2 Å². The molecule has 284 valence electrons. The molecule has 4 aromatic rings. The number of nitrogens with one attached hydrogen (secondary N) is 2. The molecule has 3 N–H and O–H groups in total. The lowest BCUT2D eigenvalue weighted by Crippen LogP contribution is -2.44. The van der Waals surface area contributed by atoms with Gasteiger partial charge in [-0.05, 0) is 80.1 Å². The van der Waals surface area contributed by atoms with Crippen LogP contribution in [-0.2, 0) is 33.4 Å². The number of hydrogen-bond acceptors (Lipinski definition) is 9. The van der Waals surface area contributed by atoms with Crippen molar-refractivity contribution in [3.05, 3.63) is 120 Å². The molecule has 2 amide bonds. The van der Waals surface area contributed by atoms with Crippen LogP contribution < -0.4 is 10.6 Å². The average molecular weight is 739 g/mol. The Kier molecular flexibility index (Phi) is 16.1. The van der Waals surface area contributed by atoms with Gasteiger partial charge in [0.1, 0.15) is 17.7 Å². The van der Waals surface area contributed by atoms with E-state index in [1.54, 1.807) is 57.2 Å².